The van der Waals surface area contributed by atoms with E-state index in [1.165, 1.54) is 18.0 Å². The summed E-state index contributed by atoms with van der Waals surface area (Å²) in [5, 5.41) is 24.4. The van der Waals surface area contributed by atoms with E-state index in [-0.39, 0.29) is 0 Å². The van der Waals surface area contributed by atoms with Gasteiger partial charge in [0.15, 0.2) is 35.1 Å². The van der Waals surface area contributed by atoms with Gasteiger partial charge in [-0.2, -0.15) is 0 Å². The molecule has 5 rings (SSSR count). The number of hydrogen-bond acceptors (Lipinski definition) is 11. The maximum absolute atomic E-state index is 12.2. The van der Waals surface area contributed by atoms with E-state index in [2.05, 4.69) is 40.6 Å². The number of aliphatic hydroxyl groups excluding tert-OH is 2. The summed E-state index contributed by atoms with van der Waals surface area (Å²) in [4.78, 5) is 39.2. The first kappa shape index (κ1) is 23.7. The molecule has 5 heterocycles. The van der Waals surface area contributed by atoms with Crippen molar-refractivity contribution in [2.24, 2.45) is 0 Å². The predicted molar refractivity (Wildman–Crippen MR) is 126 cm³/mol. The number of aryl methyl sites for hydroxylation is 1. The molecule has 4 atom stereocenters. The van der Waals surface area contributed by atoms with Gasteiger partial charge in [0.1, 0.15) is 12.2 Å². The van der Waals surface area contributed by atoms with Crippen molar-refractivity contribution in [1.82, 2.24) is 35.0 Å². The van der Waals surface area contributed by atoms with Gasteiger partial charge in [-0.3, -0.25) is 24.2 Å². The first-order valence-electron chi connectivity index (χ1n) is 11.1. The number of hydroxylamine groups is 1. The van der Waals surface area contributed by atoms with Crippen molar-refractivity contribution >= 4 is 22.9 Å². The van der Waals surface area contributed by atoms with Gasteiger partial charge in [-0.05, 0) is 30.7 Å². The van der Waals surface area contributed by atoms with Gasteiger partial charge in [0, 0.05) is 24.2 Å². The van der Waals surface area contributed by atoms with Crippen molar-refractivity contribution < 1.29 is 24.6 Å². The number of aromatic nitrogens is 6. The third-order valence-corrected chi connectivity index (χ3v) is 5.69. The number of carbonyl (C=O) groups excluding carboxylic acids is 1. The van der Waals surface area contributed by atoms with Crippen LogP contribution in [0.3, 0.4) is 0 Å². The minimum atomic E-state index is -1.49. The van der Waals surface area contributed by atoms with Gasteiger partial charge < -0.3 is 20.3 Å². The lowest BCUT2D eigenvalue weighted by Gasteiger charge is -2.17. The minimum absolute atomic E-state index is 0.328. The van der Waals surface area contributed by atoms with E-state index in [0.29, 0.717) is 34.9 Å². The quantitative estimate of drug-likeness (QED) is 0.265. The number of carbonyl (C=O) groups is 1. The molecule has 13 heteroatoms. The summed E-state index contributed by atoms with van der Waals surface area (Å²) in [5.41, 5.74) is 5.25. The first-order valence-corrected chi connectivity index (χ1v) is 11.1. The lowest BCUT2D eigenvalue weighted by atomic mass is 10.1. The number of rotatable bonds is 7. The van der Waals surface area contributed by atoms with Gasteiger partial charge >= 0.3 is 0 Å². The predicted octanol–water partition coefficient (Wildman–Crippen LogP) is 0.501. The van der Waals surface area contributed by atoms with Crippen molar-refractivity contribution in [1.29, 1.82) is 0 Å². The molecular weight excluding hydrogens is 468 g/mol. The van der Waals surface area contributed by atoms with Gasteiger partial charge in [-0.15, -0.1) is 0 Å². The van der Waals surface area contributed by atoms with Crippen molar-refractivity contribution in [2.45, 2.75) is 38.0 Å². The molecule has 0 radical (unpaired) electrons. The molecule has 1 aliphatic heterocycles. The molecule has 0 unspecified atom stereocenters. The van der Waals surface area contributed by atoms with Crippen LogP contribution in [-0.2, 0) is 20.9 Å². The highest BCUT2D eigenvalue weighted by Crippen LogP contribution is 2.33. The Morgan fingerprint density at radius 1 is 1.19 bits per heavy atom. The molecule has 0 bridgehead atoms. The van der Waals surface area contributed by atoms with E-state index < -0.39 is 30.4 Å². The lowest BCUT2D eigenvalue weighted by Crippen LogP contribution is -2.42. The van der Waals surface area contributed by atoms with E-state index in [4.69, 9.17) is 4.74 Å². The molecule has 0 aromatic carbocycles. The van der Waals surface area contributed by atoms with Crippen LogP contribution >= 0.6 is 0 Å². The molecular formula is C23H24N8O5. The highest BCUT2D eigenvalue weighted by molar-refractivity contribution is 5.85. The van der Waals surface area contributed by atoms with Crippen LogP contribution < -0.4 is 10.8 Å². The number of pyridine rings is 2. The van der Waals surface area contributed by atoms with Crippen LogP contribution in [0, 0.1) is 6.92 Å². The van der Waals surface area contributed by atoms with Crippen molar-refractivity contribution in [3.8, 4) is 11.4 Å². The van der Waals surface area contributed by atoms with Gasteiger partial charge in [0.05, 0.1) is 25.7 Å². The zero-order chi connectivity index (χ0) is 25.2. The number of nitrogens with one attached hydrogen (secondary N) is 2. The summed E-state index contributed by atoms with van der Waals surface area (Å²) in [6, 6.07) is 7.49. The molecule has 1 saturated heterocycles. The van der Waals surface area contributed by atoms with Crippen LogP contribution in [0.4, 0.5) is 5.82 Å². The summed E-state index contributed by atoms with van der Waals surface area (Å²) in [6.45, 7) is 2.29. The topological polar surface area (TPSA) is 169 Å². The standard InChI is InChI=1S/C23H24N8O5/c1-12-7-13(9-24-8-12)19-28-20(26-10-14-5-3-4-6-25-14)15-21(29-19)31(11-27-15)23-17(33)16(32)18(36-23)22(34)30-35-2/h3-9,11,16-18,23,32-33H,10H2,1-2H3,(H,30,34)(H,26,28,29)/t16-,17+,18-,23+/m0/s1. The van der Waals surface area contributed by atoms with Crippen LogP contribution in [0.5, 0.6) is 0 Å². The number of aliphatic hydroxyl groups is 2. The smallest absolute Gasteiger partial charge is 0.275 e. The Hall–Kier alpha value is -4.04. The Morgan fingerprint density at radius 3 is 2.81 bits per heavy atom. The maximum Gasteiger partial charge on any atom is 0.275 e. The van der Waals surface area contributed by atoms with Gasteiger partial charge in [0.25, 0.3) is 5.91 Å². The third kappa shape index (κ3) is 4.47. The Labute approximate surface area is 205 Å². The molecule has 0 spiro atoms. The summed E-state index contributed by atoms with van der Waals surface area (Å²) >= 11 is 0. The highest BCUT2D eigenvalue weighted by Gasteiger charge is 2.48. The number of nitrogens with zero attached hydrogens (tertiary/aromatic N) is 6. The molecule has 186 valence electrons. The normalized spacial score (nSPS) is 21.6. The van der Waals surface area contributed by atoms with Crippen molar-refractivity contribution in [3.63, 3.8) is 0 Å². The zero-order valence-electron chi connectivity index (χ0n) is 19.4. The number of ether oxygens (including phenoxy) is 1. The van der Waals surface area contributed by atoms with Gasteiger partial charge in [-0.25, -0.2) is 20.4 Å². The average Bonchev–Trinajstić information content (AvgIpc) is 3.44. The second-order valence-electron chi connectivity index (χ2n) is 8.24. The molecule has 0 saturated carbocycles. The Kier molecular flexibility index (Phi) is 6.52. The third-order valence-electron chi connectivity index (χ3n) is 5.69. The maximum atomic E-state index is 12.2. The fourth-order valence-electron chi connectivity index (χ4n) is 3.97. The van der Waals surface area contributed by atoms with Crippen LogP contribution in [0.2, 0.25) is 0 Å². The van der Waals surface area contributed by atoms with Crippen LogP contribution in [-0.4, -0.2) is 71.0 Å². The zero-order valence-corrected chi connectivity index (χ0v) is 19.4. The lowest BCUT2D eigenvalue weighted by molar-refractivity contribution is -0.148. The molecule has 0 aliphatic carbocycles. The van der Waals surface area contributed by atoms with E-state index >= 15 is 0 Å². The Bertz CT molecular complexity index is 1380. The molecule has 36 heavy (non-hydrogen) atoms. The largest absolute Gasteiger partial charge is 0.387 e. The fraction of sp³-hybridized carbons (Fsp3) is 0.304. The van der Waals surface area contributed by atoms with Crippen molar-refractivity contribution in [3.05, 3.63) is 60.4 Å². The monoisotopic (exact) mass is 492 g/mol. The van der Waals surface area contributed by atoms with E-state index in [9.17, 15) is 15.0 Å². The van der Waals surface area contributed by atoms with Gasteiger partial charge in [0.2, 0.25) is 0 Å². The molecule has 4 aromatic rings. The second-order valence-corrected chi connectivity index (χ2v) is 8.24. The number of anilines is 1. The molecule has 1 amide bonds. The molecule has 4 aromatic heterocycles. The highest BCUT2D eigenvalue weighted by atomic mass is 16.6. The summed E-state index contributed by atoms with van der Waals surface area (Å²) in [6.07, 6.45) is 1.07. The molecule has 1 fully saturated rings. The van der Waals surface area contributed by atoms with E-state index in [0.717, 1.165) is 11.3 Å². The summed E-state index contributed by atoms with van der Waals surface area (Å²) < 4.78 is 7.18. The van der Waals surface area contributed by atoms with Gasteiger partial charge in [-0.1, -0.05) is 6.07 Å². The summed E-state index contributed by atoms with van der Waals surface area (Å²) in [5.74, 6) is 0.0724. The number of hydrogen-bond donors (Lipinski definition) is 4. The Morgan fingerprint density at radius 2 is 2.06 bits per heavy atom. The Balaban J connectivity index is 1.56. The number of fused-ring (bicyclic) bond motifs is 1. The fourth-order valence-corrected chi connectivity index (χ4v) is 3.97. The van der Waals surface area contributed by atoms with E-state index in [1.54, 1.807) is 18.6 Å². The van der Waals surface area contributed by atoms with Crippen LogP contribution in [0.15, 0.2) is 49.2 Å². The number of amides is 1. The second kappa shape index (κ2) is 9.91. The number of imidazole rings is 1. The van der Waals surface area contributed by atoms with Crippen LogP contribution in [0.25, 0.3) is 22.6 Å². The molecule has 4 N–H and O–H groups in total. The first-order chi connectivity index (χ1) is 17.5. The molecule has 1 aliphatic rings. The van der Waals surface area contributed by atoms with Crippen LogP contribution in [0.1, 0.15) is 17.5 Å². The molecule has 13 nitrogen and oxygen atoms in total. The van der Waals surface area contributed by atoms with Crippen molar-refractivity contribution in [2.75, 3.05) is 12.4 Å². The SMILES string of the molecule is CONC(=O)[C@H]1O[C@@H](n2cnc3c(NCc4ccccn4)nc(-c4cncc(C)c4)nc32)[C@H](O)[C@@H]1O. The average molecular weight is 492 g/mol. The summed E-state index contributed by atoms with van der Waals surface area (Å²) in [7, 11) is 1.26. The minimum Gasteiger partial charge on any atom is -0.387 e. The van der Waals surface area contributed by atoms with E-state index in [1.807, 2.05) is 31.2 Å².